The van der Waals surface area contributed by atoms with E-state index < -0.39 is 0 Å². The van der Waals surface area contributed by atoms with Gasteiger partial charge < -0.3 is 36.5 Å². The van der Waals surface area contributed by atoms with Crippen molar-refractivity contribution in [3.8, 4) is 0 Å². The molecule has 0 aromatic carbocycles. The number of aromatic nitrogens is 1. The SMILES string of the molecule is CCCCCCCCCCCCCCOCC(COC(=O)NCCCCCC[n+]1ccccc1)OCCCCCCCCCCCCCC.[Br-]. The van der Waals surface area contributed by atoms with E-state index in [9.17, 15) is 4.79 Å². The lowest BCUT2D eigenvalue weighted by molar-refractivity contribution is -0.697. The second-order valence-electron chi connectivity index (χ2n) is 14.4. The first kappa shape index (κ1) is 48.8. The fraction of sp³-hybridized carbons (Fsp3) is 0.860. The zero-order valence-electron chi connectivity index (χ0n) is 33.0. The Morgan fingerprint density at radius 2 is 0.980 bits per heavy atom. The van der Waals surface area contributed by atoms with Crippen LogP contribution in [0.1, 0.15) is 194 Å². The molecule has 7 heteroatoms. The Hall–Kier alpha value is -1.18. The normalized spacial score (nSPS) is 11.7. The molecule has 0 saturated heterocycles. The molecule has 1 N–H and O–H groups in total. The molecule has 1 aromatic heterocycles. The highest BCUT2D eigenvalue weighted by Crippen LogP contribution is 2.14. The minimum absolute atomic E-state index is 0. The van der Waals surface area contributed by atoms with E-state index in [1.54, 1.807) is 0 Å². The maximum absolute atomic E-state index is 12.4. The Kier molecular flexibility index (Phi) is 39.6. The van der Waals surface area contributed by atoms with Gasteiger partial charge in [-0.15, -0.1) is 0 Å². The van der Waals surface area contributed by atoms with Crippen LogP contribution in [0.15, 0.2) is 30.6 Å². The standard InChI is InChI=1S/C43H80N2O4.BrH/c1-3-5-7-9-11-13-15-17-19-21-25-32-38-47-40-42(48-39-33-26-22-20-18-16-14-12-10-8-6-4-2)41-49-43(46)44-34-28-23-24-29-35-45-36-30-27-31-37-45;/h27,30-31,36-37,42H,3-26,28-29,32-35,38-41H2,1-2H3;1H. The molecule has 6 nitrogen and oxygen atoms in total. The number of nitrogens with zero attached hydrogens (tertiary/aromatic N) is 1. The number of hydrogen-bond acceptors (Lipinski definition) is 4. The monoisotopic (exact) mass is 769 g/mol. The van der Waals surface area contributed by atoms with E-state index in [-0.39, 0.29) is 35.8 Å². The number of amides is 1. The number of carbonyl (C=O) groups excluding carboxylic acids is 1. The second-order valence-corrected chi connectivity index (χ2v) is 14.4. The molecule has 1 atom stereocenters. The molecule has 1 rings (SSSR count). The van der Waals surface area contributed by atoms with Crippen molar-refractivity contribution in [2.24, 2.45) is 0 Å². The minimum atomic E-state index is -0.347. The van der Waals surface area contributed by atoms with Crippen LogP contribution in [0.25, 0.3) is 0 Å². The summed E-state index contributed by atoms with van der Waals surface area (Å²) < 4.78 is 20.0. The molecule has 0 aliphatic carbocycles. The molecule has 0 radical (unpaired) electrons. The third-order valence-corrected chi connectivity index (χ3v) is 9.59. The van der Waals surface area contributed by atoms with Gasteiger partial charge in [0.15, 0.2) is 12.4 Å². The van der Waals surface area contributed by atoms with Crippen LogP contribution in [0.5, 0.6) is 0 Å². The predicted octanol–water partition coefficient (Wildman–Crippen LogP) is 9.07. The highest BCUT2D eigenvalue weighted by molar-refractivity contribution is 5.67. The number of halogens is 1. The summed E-state index contributed by atoms with van der Waals surface area (Å²) in [5.74, 6) is 0. The Morgan fingerprint density at radius 3 is 1.50 bits per heavy atom. The van der Waals surface area contributed by atoms with E-state index in [2.05, 4.69) is 48.3 Å². The van der Waals surface area contributed by atoms with Crippen LogP contribution >= 0.6 is 0 Å². The largest absolute Gasteiger partial charge is 1.00 e. The average molecular weight is 770 g/mol. The molecule has 294 valence electrons. The van der Waals surface area contributed by atoms with Gasteiger partial charge in [-0.1, -0.05) is 168 Å². The van der Waals surface area contributed by atoms with Gasteiger partial charge in [0.05, 0.1) is 6.61 Å². The molecule has 0 bridgehead atoms. The van der Waals surface area contributed by atoms with Gasteiger partial charge in [-0.25, -0.2) is 9.36 Å². The molecule has 1 aromatic rings. The van der Waals surface area contributed by atoms with Crippen molar-refractivity contribution in [3.05, 3.63) is 30.6 Å². The number of ether oxygens (including phenoxy) is 3. The lowest BCUT2D eigenvalue weighted by atomic mass is 10.1. The number of rotatable bonds is 38. The fourth-order valence-corrected chi connectivity index (χ4v) is 6.36. The van der Waals surface area contributed by atoms with E-state index in [1.807, 2.05) is 6.07 Å². The number of aryl methyl sites for hydroxylation is 1. The summed E-state index contributed by atoms with van der Waals surface area (Å²) in [6, 6.07) is 6.18. The number of carbonyl (C=O) groups is 1. The Balaban J connectivity index is 0.0000240. The molecule has 1 amide bonds. The number of nitrogens with one attached hydrogen (secondary N) is 1. The molecular formula is C43H81BrN2O4. The molecular weight excluding hydrogens is 688 g/mol. The quantitative estimate of drug-likeness (QED) is 0.0539. The first-order valence-corrected chi connectivity index (χ1v) is 21.3. The van der Waals surface area contributed by atoms with Crippen LogP contribution in [0.4, 0.5) is 4.79 Å². The molecule has 1 unspecified atom stereocenters. The molecule has 0 saturated carbocycles. The third kappa shape index (κ3) is 35.2. The van der Waals surface area contributed by atoms with Gasteiger partial charge in [0.1, 0.15) is 19.3 Å². The average Bonchev–Trinajstić information content (AvgIpc) is 3.12. The van der Waals surface area contributed by atoms with Gasteiger partial charge in [0.25, 0.3) is 0 Å². The summed E-state index contributed by atoms with van der Waals surface area (Å²) >= 11 is 0. The van der Waals surface area contributed by atoms with Gasteiger partial charge in [0.2, 0.25) is 0 Å². The smallest absolute Gasteiger partial charge is 0.407 e. The van der Waals surface area contributed by atoms with Crippen molar-refractivity contribution in [2.75, 3.05) is 33.0 Å². The van der Waals surface area contributed by atoms with E-state index in [1.165, 1.54) is 141 Å². The molecule has 0 aliphatic heterocycles. The highest BCUT2D eigenvalue weighted by Gasteiger charge is 2.13. The van der Waals surface area contributed by atoms with Crippen molar-refractivity contribution in [1.82, 2.24) is 5.32 Å². The maximum atomic E-state index is 12.4. The lowest BCUT2D eigenvalue weighted by Gasteiger charge is -2.18. The minimum Gasteiger partial charge on any atom is -1.00 e. The predicted molar refractivity (Wildman–Crippen MR) is 207 cm³/mol. The van der Waals surface area contributed by atoms with E-state index >= 15 is 0 Å². The fourth-order valence-electron chi connectivity index (χ4n) is 6.36. The van der Waals surface area contributed by atoms with Crippen molar-refractivity contribution in [2.45, 2.75) is 206 Å². The van der Waals surface area contributed by atoms with Gasteiger partial charge in [0, 0.05) is 38.3 Å². The molecule has 0 fully saturated rings. The summed E-state index contributed by atoms with van der Waals surface area (Å²) in [4.78, 5) is 12.4. The Bertz CT molecular complexity index is 800. The first-order valence-electron chi connectivity index (χ1n) is 21.3. The van der Waals surface area contributed by atoms with E-state index in [0.29, 0.717) is 19.8 Å². The van der Waals surface area contributed by atoms with Crippen LogP contribution in [-0.2, 0) is 20.8 Å². The van der Waals surface area contributed by atoms with E-state index in [0.717, 1.165) is 51.7 Å². The van der Waals surface area contributed by atoms with Crippen LogP contribution in [0, 0.1) is 0 Å². The number of pyridine rings is 1. The van der Waals surface area contributed by atoms with Crippen LogP contribution in [0.2, 0.25) is 0 Å². The summed E-state index contributed by atoms with van der Waals surface area (Å²) in [5.41, 5.74) is 0. The van der Waals surface area contributed by atoms with Crippen molar-refractivity contribution in [3.63, 3.8) is 0 Å². The number of alkyl carbamates (subject to hydrolysis) is 1. The van der Waals surface area contributed by atoms with Gasteiger partial charge in [-0.05, 0) is 25.7 Å². The number of unbranched alkanes of at least 4 members (excludes halogenated alkanes) is 25. The Labute approximate surface area is 320 Å². The van der Waals surface area contributed by atoms with Crippen molar-refractivity contribution >= 4 is 6.09 Å². The van der Waals surface area contributed by atoms with Gasteiger partial charge in [-0.2, -0.15) is 0 Å². The first-order chi connectivity index (χ1) is 24.3. The maximum Gasteiger partial charge on any atom is 0.407 e. The zero-order chi connectivity index (χ0) is 35.1. The van der Waals surface area contributed by atoms with E-state index in [4.69, 9.17) is 14.2 Å². The molecule has 50 heavy (non-hydrogen) atoms. The molecule has 1 heterocycles. The third-order valence-electron chi connectivity index (χ3n) is 9.59. The van der Waals surface area contributed by atoms with Crippen LogP contribution in [-0.4, -0.2) is 45.2 Å². The summed E-state index contributed by atoms with van der Waals surface area (Å²) in [7, 11) is 0. The van der Waals surface area contributed by atoms with Crippen LogP contribution < -0.4 is 26.9 Å². The topological polar surface area (TPSA) is 60.7 Å². The van der Waals surface area contributed by atoms with Gasteiger partial charge >= 0.3 is 6.09 Å². The highest BCUT2D eigenvalue weighted by atomic mass is 79.9. The van der Waals surface area contributed by atoms with Crippen molar-refractivity contribution < 1.29 is 40.6 Å². The Morgan fingerprint density at radius 1 is 0.540 bits per heavy atom. The summed E-state index contributed by atoms with van der Waals surface area (Å²) in [5, 5.41) is 2.92. The number of hydrogen-bond donors (Lipinski definition) is 1. The van der Waals surface area contributed by atoms with Crippen molar-refractivity contribution in [1.29, 1.82) is 0 Å². The van der Waals surface area contributed by atoms with Gasteiger partial charge in [-0.3, -0.25) is 0 Å². The lowest BCUT2D eigenvalue weighted by Crippen LogP contribution is -3.00. The summed E-state index contributed by atoms with van der Waals surface area (Å²) in [6.07, 6.45) is 40.1. The summed E-state index contributed by atoms with van der Waals surface area (Å²) in [6.45, 7) is 8.45. The zero-order valence-corrected chi connectivity index (χ0v) is 34.5. The molecule has 0 spiro atoms. The second kappa shape index (κ2) is 40.6. The molecule has 0 aliphatic rings. The van der Waals surface area contributed by atoms with Crippen LogP contribution in [0.3, 0.4) is 0 Å².